The lowest BCUT2D eigenvalue weighted by Gasteiger charge is -2.16. The summed E-state index contributed by atoms with van der Waals surface area (Å²) in [4.78, 5) is 35.1. The van der Waals surface area contributed by atoms with E-state index in [2.05, 4.69) is 5.32 Å². The van der Waals surface area contributed by atoms with Gasteiger partial charge in [-0.2, -0.15) is 10.5 Å². The van der Waals surface area contributed by atoms with E-state index in [0.717, 1.165) is 11.6 Å². The average Bonchev–Trinajstić information content (AvgIpc) is 3.18. The number of fused-ring (bicyclic) bond motifs is 3. The van der Waals surface area contributed by atoms with Gasteiger partial charge in [0.1, 0.15) is 17.7 Å². The molecule has 1 unspecified atom stereocenters. The van der Waals surface area contributed by atoms with Crippen LogP contribution in [-0.2, 0) is 0 Å². The van der Waals surface area contributed by atoms with Crippen LogP contribution >= 0.6 is 0 Å². The molecule has 10 nitrogen and oxygen atoms in total. The first-order chi connectivity index (χ1) is 16.8. The Morgan fingerprint density at radius 2 is 1.51 bits per heavy atom. The second-order valence-corrected chi connectivity index (χ2v) is 7.74. The number of hydrogen-bond acceptors (Lipinski definition) is 7. The van der Waals surface area contributed by atoms with Crippen LogP contribution in [0.5, 0.6) is 0 Å². The lowest BCUT2D eigenvalue weighted by atomic mass is 9.95. The molecule has 0 saturated heterocycles. The van der Waals surface area contributed by atoms with Gasteiger partial charge in [-0.1, -0.05) is 30.3 Å². The van der Waals surface area contributed by atoms with E-state index in [-0.39, 0.29) is 39.1 Å². The van der Waals surface area contributed by atoms with Crippen molar-refractivity contribution in [3.05, 3.63) is 109 Å². The van der Waals surface area contributed by atoms with Gasteiger partial charge in [0.15, 0.2) is 0 Å². The molecule has 3 aromatic carbocycles. The molecule has 35 heavy (non-hydrogen) atoms. The topological polar surface area (TPSA) is 163 Å². The van der Waals surface area contributed by atoms with Gasteiger partial charge in [0, 0.05) is 35.4 Å². The lowest BCUT2D eigenvalue weighted by Crippen LogP contribution is -2.27. The summed E-state index contributed by atoms with van der Waals surface area (Å²) < 4.78 is 0. The second-order valence-electron chi connectivity index (χ2n) is 7.74. The zero-order valence-corrected chi connectivity index (χ0v) is 18.2. The highest BCUT2D eigenvalue weighted by Crippen LogP contribution is 2.49. The van der Waals surface area contributed by atoms with E-state index in [1.165, 1.54) is 24.3 Å². The van der Waals surface area contributed by atoms with Crippen molar-refractivity contribution in [3.63, 3.8) is 0 Å². The standard InChI is InChI=1S/C25H15N5O5/c1-14(15-5-3-2-4-6-15)28-25(31)22-11-18(30(34)35)10-21-23(16(12-26)13-27)20-9-17(29(32)33)7-8-19(20)24(21)22/h2-11,14H,1H3,(H,28,31). The summed E-state index contributed by atoms with van der Waals surface area (Å²) in [5.41, 5.74) is 0.606. The minimum Gasteiger partial charge on any atom is -0.345 e. The summed E-state index contributed by atoms with van der Waals surface area (Å²) in [5, 5.41) is 45.0. The molecule has 170 valence electrons. The van der Waals surface area contributed by atoms with Crippen molar-refractivity contribution in [1.82, 2.24) is 5.32 Å². The fraction of sp³-hybridized carbons (Fsp3) is 0.0800. The average molecular weight is 465 g/mol. The summed E-state index contributed by atoms with van der Waals surface area (Å²) in [6, 6.07) is 18.3. The Labute approximate surface area is 198 Å². The maximum Gasteiger partial charge on any atom is 0.270 e. The van der Waals surface area contributed by atoms with E-state index in [1.807, 2.05) is 30.3 Å². The second kappa shape index (κ2) is 8.89. The van der Waals surface area contributed by atoms with Crippen LogP contribution in [0.25, 0.3) is 16.7 Å². The summed E-state index contributed by atoms with van der Waals surface area (Å²) >= 11 is 0. The predicted octanol–water partition coefficient (Wildman–Crippen LogP) is 4.82. The van der Waals surface area contributed by atoms with Gasteiger partial charge < -0.3 is 5.32 Å². The third kappa shape index (κ3) is 3.96. The minimum absolute atomic E-state index is 0.0116. The van der Waals surface area contributed by atoms with Crippen LogP contribution < -0.4 is 5.32 Å². The van der Waals surface area contributed by atoms with Crippen molar-refractivity contribution in [2.24, 2.45) is 0 Å². The van der Waals surface area contributed by atoms with Crippen LogP contribution in [0.2, 0.25) is 0 Å². The van der Waals surface area contributed by atoms with Crippen LogP contribution in [0, 0.1) is 42.9 Å². The van der Waals surface area contributed by atoms with E-state index in [1.54, 1.807) is 19.1 Å². The Hall–Kier alpha value is -5.35. The van der Waals surface area contributed by atoms with Crippen molar-refractivity contribution >= 4 is 22.9 Å². The van der Waals surface area contributed by atoms with Gasteiger partial charge in [-0.25, -0.2) is 0 Å². The van der Waals surface area contributed by atoms with Crippen molar-refractivity contribution in [2.75, 3.05) is 0 Å². The third-order valence-corrected chi connectivity index (χ3v) is 5.72. The Kier molecular flexibility index (Phi) is 5.80. The molecule has 3 aromatic rings. The van der Waals surface area contributed by atoms with Crippen molar-refractivity contribution < 1.29 is 14.6 Å². The summed E-state index contributed by atoms with van der Waals surface area (Å²) in [7, 11) is 0. The zero-order chi connectivity index (χ0) is 25.3. The molecule has 0 spiro atoms. The molecule has 0 aliphatic heterocycles. The van der Waals surface area contributed by atoms with Gasteiger partial charge in [-0.15, -0.1) is 0 Å². The number of allylic oxidation sites excluding steroid dienone is 1. The zero-order valence-electron chi connectivity index (χ0n) is 18.2. The Balaban J connectivity index is 1.97. The van der Waals surface area contributed by atoms with Crippen LogP contribution in [-0.4, -0.2) is 15.8 Å². The minimum atomic E-state index is -0.681. The molecule has 0 bridgehead atoms. The number of nitrogens with zero attached hydrogens (tertiary/aromatic N) is 4. The lowest BCUT2D eigenvalue weighted by molar-refractivity contribution is -0.385. The van der Waals surface area contributed by atoms with Crippen LogP contribution in [0.4, 0.5) is 11.4 Å². The quantitative estimate of drug-likeness (QED) is 0.251. The molecule has 0 radical (unpaired) electrons. The molecule has 0 saturated carbocycles. The number of carbonyl (C=O) groups excluding carboxylic acids is 1. The Bertz CT molecular complexity index is 1510. The van der Waals surface area contributed by atoms with Crippen molar-refractivity contribution in [2.45, 2.75) is 13.0 Å². The maximum absolute atomic E-state index is 13.4. The normalized spacial score (nSPS) is 11.9. The fourth-order valence-corrected chi connectivity index (χ4v) is 4.12. The first-order valence-electron chi connectivity index (χ1n) is 10.3. The van der Waals surface area contributed by atoms with E-state index in [9.17, 15) is 35.5 Å². The highest BCUT2D eigenvalue weighted by Gasteiger charge is 2.34. The van der Waals surface area contributed by atoms with Crippen LogP contribution in [0.15, 0.2) is 66.2 Å². The molecule has 1 aliphatic rings. The largest absolute Gasteiger partial charge is 0.345 e. The number of hydrogen-bond donors (Lipinski definition) is 1. The number of amides is 1. The summed E-state index contributed by atoms with van der Waals surface area (Å²) in [6.45, 7) is 1.76. The Morgan fingerprint density at radius 1 is 0.886 bits per heavy atom. The molecule has 10 heteroatoms. The van der Waals surface area contributed by atoms with Crippen molar-refractivity contribution in [3.8, 4) is 23.3 Å². The first-order valence-corrected chi connectivity index (χ1v) is 10.3. The smallest absolute Gasteiger partial charge is 0.270 e. The number of nitro benzene ring substituents is 2. The SMILES string of the molecule is CC(NC(=O)c1cc([N+](=O)[O-])cc2c1-c1ccc([N+](=O)[O-])cc1C2=C(C#N)C#N)c1ccccc1. The van der Waals surface area contributed by atoms with E-state index in [0.29, 0.717) is 5.56 Å². The highest BCUT2D eigenvalue weighted by molar-refractivity contribution is 6.12. The molecule has 0 aromatic heterocycles. The van der Waals surface area contributed by atoms with Gasteiger partial charge in [-0.05, 0) is 35.2 Å². The third-order valence-electron chi connectivity index (χ3n) is 5.72. The monoisotopic (exact) mass is 465 g/mol. The highest BCUT2D eigenvalue weighted by atomic mass is 16.6. The first kappa shape index (κ1) is 22.8. The molecule has 0 heterocycles. The van der Waals surface area contributed by atoms with Gasteiger partial charge in [0.05, 0.1) is 21.5 Å². The Morgan fingerprint density at radius 3 is 2.11 bits per heavy atom. The molecule has 1 amide bonds. The number of benzene rings is 3. The number of rotatable bonds is 5. The molecule has 0 fully saturated rings. The number of non-ortho nitro benzene ring substituents is 2. The summed E-state index contributed by atoms with van der Waals surface area (Å²) in [5.74, 6) is -0.609. The number of carbonyl (C=O) groups is 1. The number of nitriles is 2. The maximum atomic E-state index is 13.4. The molecular formula is C25H15N5O5. The number of nitrogens with one attached hydrogen (secondary N) is 1. The summed E-state index contributed by atoms with van der Waals surface area (Å²) in [6.07, 6.45) is 0. The molecule has 1 atom stereocenters. The molecule has 1 aliphatic carbocycles. The number of nitro groups is 2. The van der Waals surface area contributed by atoms with Gasteiger partial charge in [0.2, 0.25) is 0 Å². The van der Waals surface area contributed by atoms with E-state index in [4.69, 9.17) is 0 Å². The van der Waals surface area contributed by atoms with Crippen molar-refractivity contribution in [1.29, 1.82) is 10.5 Å². The van der Waals surface area contributed by atoms with Crippen LogP contribution in [0.3, 0.4) is 0 Å². The van der Waals surface area contributed by atoms with Gasteiger partial charge in [0.25, 0.3) is 17.3 Å². The predicted molar refractivity (Wildman–Crippen MR) is 125 cm³/mol. The van der Waals surface area contributed by atoms with Gasteiger partial charge in [-0.3, -0.25) is 25.0 Å². The fourth-order valence-electron chi connectivity index (χ4n) is 4.12. The van der Waals surface area contributed by atoms with Crippen LogP contribution in [0.1, 0.15) is 40.0 Å². The molecular weight excluding hydrogens is 450 g/mol. The van der Waals surface area contributed by atoms with E-state index >= 15 is 0 Å². The molecule has 4 rings (SSSR count). The molecule has 1 N–H and O–H groups in total. The van der Waals surface area contributed by atoms with E-state index < -0.39 is 27.5 Å². The van der Waals surface area contributed by atoms with Gasteiger partial charge >= 0.3 is 0 Å².